The molecule has 28 heavy (non-hydrogen) atoms. The molecule has 1 heterocycles. The zero-order valence-electron chi connectivity index (χ0n) is 17.2. The number of amides is 2. The number of ether oxygens (including phenoxy) is 1. The monoisotopic (exact) mass is 387 g/mol. The second-order valence-corrected chi connectivity index (χ2v) is 7.98. The highest BCUT2D eigenvalue weighted by Gasteiger charge is 2.33. The quantitative estimate of drug-likeness (QED) is 0.761. The molecule has 1 aliphatic carbocycles. The number of piperazine rings is 1. The molecule has 0 unspecified atom stereocenters. The van der Waals surface area contributed by atoms with E-state index in [0.717, 1.165) is 51.9 Å². The van der Waals surface area contributed by atoms with E-state index in [1.807, 2.05) is 4.90 Å². The second kappa shape index (κ2) is 9.92. The molecule has 0 spiro atoms. The van der Waals surface area contributed by atoms with Crippen molar-refractivity contribution in [3.63, 3.8) is 0 Å². The van der Waals surface area contributed by atoms with Crippen LogP contribution >= 0.6 is 0 Å². The maximum atomic E-state index is 12.9. The summed E-state index contributed by atoms with van der Waals surface area (Å²) in [6.07, 6.45) is 3.25. The number of methoxy groups -OCH3 is 1. The van der Waals surface area contributed by atoms with Gasteiger partial charge in [0.05, 0.1) is 6.61 Å². The number of carbonyl (C=O) groups excluding carboxylic acids is 2. The average Bonchev–Trinajstić information content (AvgIpc) is 2.73. The first-order chi connectivity index (χ1) is 13.6. The van der Waals surface area contributed by atoms with Gasteiger partial charge in [0.25, 0.3) is 0 Å². The molecule has 2 amide bonds. The van der Waals surface area contributed by atoms with Gasteiger partial charge in [0.2, 0.25) is 11.8 Å². The van der Waals surface area contributed by atoms with Gasteiger partial charge in [0.15, 0.2) is 0 Å². The maximum Gasteiger partial charge on any atom is 0.225 e. The van der Waals surface area contributed by atoms with Crippen LogP contribution in [0.1, 0.15) is 31.2 Å². The summed E-state index contributed by atoms with van der Waals surface area (Å²) >= 11 is 0. The van der Waals surface area contributed by atoms with E-state index in [1.54, 1.807) is 7.11 Å². The Morgan fingerprint density at radius 3 is 2.39 bits per heavy atom. The van der Waals surface area contributed by atoms with Crippen molar-refractivity contribution in [2.45, 2.75) is 32.6 Å². The summed E-state index contributed by atoms with van der Waals surface area (Å²) < 4.78 is 4.97. The summed E-state index contributed by atoms with van der Waals surface area (Å²) in [6.45, 7) is 6.53. The molecule has 1 aliphatic heterocycles. The molecule has 2 fully saturated rings. The fourth-order valence-electron chi connectivity index (χ4n) is 4.29. The Morgan fingerprint density at radius 1 is 1.07 bits per heavy atom. The summed E-state index contributed by atoms with van der Waals surface area (Å²) in [7, 11) is 1.63. The maximum absolute atomic E-state index is 12.9. The predicted octanol–water partition coefficient (Wildman–Crippen LogP) is 2.21. The van der Waals surface area contributed by atoms with Gasteiger partial charge in [-0.1, -0.05) is 12.1 Å². The van der Waals surface area contributed by atoms with Gasteiger partial charge in [-0.15, -0.1) is 0 Å². The van der Waals surface area contributed by atoms with Crippen molar-refractivity contribution in [2.75, 3.05) is 51.3 Å². The molecule has 6 heteroatoms. The number of rotatable bonds is 6. The lowest BCUT2D eigenvalue weighted by Gasteiger charge is -2.38. The first-order valence-electron chi connectivity index (χ1n) is 10.5. The lowest BCUT2D eigenvalue weighted by molar-refractivity contribution is -0.138. The molecule has 1 aromatic rings. The molecule has 1 saturated carbocycles. The van der Waals surface area contributed by atoms with Crippen molar-refractivity contribution in [3.05, 3.63) is 29.8 Å². The van der Waals surface area contributed by atoms with Gasteiger partial charge in [0.1, 0.15) is 0 Å². The van der Waals surface area contributed by atoms with Crippen LogP contribution in [0.5, 0.6) is 0 Å². The van der Waals surface area contributed by atoms with E-state index in [0.29, 0.717) is 13.2 Å². The molecule has 0 aromatic heterocycles. The Morgan fingerprint density at radius 2 is 1.75 bits per heavy atom. The van der Waals surface area contributed by atoms with Gasteiger partial charge >= 0.3 is 0 Å². The summed E-state index contributed by atoms with van der Waals surface area (Å²) in [6, 6.07) is 8.55. The van der Waals surface area contributed by atoms with Crippen molar-refractivity contribution in [2.24, 2.45) is 11.8 Å². The van der Waals surface area contributed by atoms with Crippen LogP contribution < -0.4 is 10.2 Å². The summed E-state index contributed by atoms with van der Waals surface area (Å²) in [4.78, 5) is 29.5. The number of benzene rings is 1. The Labute approximate surface area is 168 Å². The van der Waals surface area contributed by atoms with Crippen molar-refractivity contribution in [3.8, 4) is 0 Å². The number of hydrogen-bond acceptors (Lipinski definition) is 4. The van der Waals surface area contributed by atoms with E-state index in [1.165, 1.54) is 11.3 Å². The molecule has 154 valence electrons. The number of hydrogen-bond donors (Lipinski definition) is 1. The van der Waals surface area contributed by atoms with Gasteiger partial charge in [-0.05, 0) is 50.3 Å². The summed E-state index contributed by atoms with van der Waals surface area (Å²) in [5.74, 6) is 0.504. The van der Waals surface area contributed by atoms with Gasteiger partial charge in [-0.3, -0.25) is 9.59 Å². The predicted molar refractivity (Wildman–Crippen MR) is 110 cm³/mol. The van der Waals surface area contributed by atoms with Crippen LogP contribution in [0.2, 0.25) is 0 Å². The molecule has 0 atom stereocenters. The summed E-state index contributed by atoms with van der Waals surface area (Å²) in [5, 5.41) is 2.92. The molecule has 1 saturated heterocycles. The smallest absolute Gasteiger partial charge is 0.225 e. The van der Waals surface area contributed by atoms with E-state index in [2.05, 4.69) is 41.4 Å². The van der Waals surface area contributed by atoms with Crippen LogP contribution in [-0.2, 0) is 14.3 Å². The number of anilines is 1. The largest absolute Gasteiger partial charge is 0.383 e. The third kappa shape index (κ3) is 5.25. The number of carbonyl (C=O) groups is 2. The fraction of sp³-hybridized carbons (Fsp3) is 0.636. The van der Waals surface area contributed by atoms with Gasteiger partial charge in [-0.25, -0.2) is 0 Å². The standard InChI is InChI=1S/C22H33N3O3/c1-17-4-3-5-20(16-17)24-11-13-25(14-12-24)22(27)19-8-6-18(7-9-19)21(26)23-10-15-28-2/h3-5,16,18-19H,6-15H2,1-2H3,(H,23,26). The molecular formula is C22H33N3O3. The SMILES string of the molecule is COCCNC(=O)C1CCC(C(=O)N2CCN(c3cccc(C)c3)CC2)CC1. The minimum Gasteiger partial charge on any atom is -0.383 e. The lowest BCUT2D eigenvalue weighted by Crippen LogP contribution is -2.51. The van der Waals surface area contributed by atoms with Crippen molar-refractivity contribution >= 4 is 17.5 Å². The number of nitrogens with one attached hydrogen (secondary N) is 1. The fourth-order valence-corrected chi connectivity index (χ4v) is 4.29. The Bertz CT molecular complexity index is 663. The first kappa shape index (κ1) is 20.6. The Hall–Kier alpha value is -2.08. The van der Waals surface area contributed by atoms with E-state index >= 15 is 0 Å². The number of aryl methyl sites for hydroxylation is 1. The topological polar surface area (TPSA) is 61.9 Å². The second-order valence-electron chi connectivity index (χ2n) is 7.98. The highest BCUT2D eigenvalue weighted by atomic mass is 16.5. The van der Waals surface area contributed by atoms with Crippen LogP contribution in [0.3, 0.4) is 0 Å². The van der Waals surface area contributed by atoms with Gasteiger partial charge in [0, 0.05) is 57.4 Å². The molecule has 0 bridgehead atoms. The molecule has 2 aliphatic rings. The van der Waals surface area contributed by atoms with E-state index in [-0.39, 0.29) is 23.7 Å². The zero-order chi connectivity index (χ0) is 19.9. The van der Waals surface area contributed by atoms with Crippen molar-refractivity contribution < 1.29 is 14.3 Å². The highest BCUT2D eigenvalue weighted by molar-refractivity contribution is 5.81. The zero-order valence-corrected chi connectivity index (χ0v) is 17.2. The first-order valence-corrected chi connectivity index (χ1v) is 10.5. The Balaban J connectivity index is 1.43. The van der Waals surface area contributed by atoms with E-state index < -0.39 is 0 Å². The Kier molecular flexibility index (Phi) is 7.31. The van der Waals surface area contributed by atoms with Crippen LogP contribution in [0.15, 0.2) is 24.3 Å². The molecule has 6 nitrogen and oxygen atoms in total. The molecule has 0 radical (unpaired) electrons. The minimum atomic E-state index is 0.0408. The molecular weight excluding hydrogens is 354 g/mol. The van der Waals surface area contributed by atoms with Crippen LogP contribution in [-0.4, -0.2) is 63.2 Å². The van der Waals surface area contributed by atoms with Crippen LogP contribution in [0, 0.1) is 18.8 Å². The molecule has 3 rings (SSSR count). The summed E-state index contributed by atoms with van der Waals surface area (Å²) in [5.41, 5.74) is 2.51. The van der Waals surface area contributed by atoms with E-state index in [9.17, 15) is 9.59 Å². The van der Waals surface area contributed by atoms with Crippen molar-refractivity contribution in [1.82, 2.24) is 10.2 Å². The van der Waals surface area contributed by atoms with Gasteiger partial charge in [-0.2, -0.15) is 0 Å². The van der Waals surface area contributed by atoms with Crippen LogP contribution in [0.4, 0.5) is 5.69 Å². The third-order valence-electron chi connectivity index (χ3n) is 6.01. The van der Waals surface area contributed by atoms with Crippen molar-refractivity contribution in [1.29, 1.82) is 0 Å². The van der Waals surface area contributed by atoms with E-state index in [4.69, 9.17) is 4.74 Å². The van der Waals surface area contributed by atoms with Crippen LogP contribution in [0.25, 0.3) is 0 Å². The lowest BCUT2D eigenvalue weighted by atomic mass is 9.81. The highest BCUT2D eigenvalue weighted by Crippen LogP contribution is 2.30. The molecule has 1 N–H and O–H groups in total. The average molecular weight is 388 g/mol. The molecule has 1 aromatic carbocycles. The van der Waals surface area contributed by atoms with Gasteiger partial charge < -0.3 is 19.9 Å². The minimum absolute atomic E-state index is 0.0408. The third-order valence-corrected chi connectivity index (χ3v) is 6.01. The normalized spacial score (nSPS) is 22.8. The number of nitrogens with zero attached hydrogens (tertiary/aromatic N) is 2.